The largest absolute Gasteiger partial charge is 0.378 e. The number of halogens is 1. The highest BCUT2D eigenvalue weighted by atomic mass is 35.5. The number of carbonyl (C=O) groups excluding carboxylic acids is 1. The van der Waals surface area contributed by atoms with Crippen molar-refractivity contribution < 1.29 is 9.53 Å². The van der Waals surface area contributed by atoms with E-state index in [9.17, 15) is 4.79 Å². The molecule has 2 aromatic rings. The first-order valence-corrected chi connectivity index (χ1v) is 8.51. The van der Waals surface area contributed by atoms with Crippen molar-refractivity contribution in [2.45, 2.75) is 13.0 Å². The summed E-state index contributed by atoms with van der Waals surface area (Å²) in [7, 11) is 0. The van der Waals surface area contributed by atoms with Crippen LogP contribution in [0, 0.1) is 0 Å². The molecule has 0 spiro atoms. The molecule has 1 saturated heterocycles. The summed E-state index contributed by atoms with van der Waals surface area (Å²) in [5.74, 6) is -0.00507. The highest BCUT2D eigenvalue weighted by Crippen LogP contribution is 2.16. The second kappa shape index (κ2) is 8.18. The van der Waals surface area contributed by atoms with Crippen LogP contribution >= 0.6 is 11.6 Å². The summed E-state index contributed by atoms with van der Waals surface area (Å²) in [5, 5.41) is 3.60. The number of morpholine rings is 1. The van der Waals surface area contributed by atoms with Gasteiger partial charge in [-0.3, -0.25) is 4.79 Å². The average Bonchev–Trinajstić information content (AvgIpc) is 2.61. The van der Waals surface area contributed by atoms with Gasteiger partial charge < -0.3 is 15.0 Å². The number of carbonyl (C=O) groups is 1. The lowest BCUT2D eigenvalue weighted by molar-refractivity contribution is -0.120. The van der Waals surface area contributed by atoms with Crippen molar-refractivity contribution in [2.24, 2.45) is 0 Å². The molecular weight excluding hydrogens is 324 g/mol. The van der Waals surface area contributed by atoms with E-state index in [0.717, 1.165) is 37.4 Å². The van der Waals surface area contributed by atoms with Gasteiger partial charge in [0.05, 0.1) is 19.6 Å². The molecule has 4 nitrogen and oxygen atoms in total. The molecule has 0 aromatic heterocycles. The topological polar surface area (TPSA) is 41.6 Å². The lowest BCUT2D eigenvalue weighted by Crippen LogP contribution is -2.36. The Hall–Kier alpha value is -2.04. The maximum Gasteiger partial charge on any atom is 0.224 e. The molecule has 0 atom stereocenters. The second-order valence-electron chi connectivity index (χ2n) is 5.85. The zero-order valence-corrected chi connectivity index (χ0v) is 14.3. The van der Waals surface area contributed by atoms with Crippen molar-refractivity contribution in [3.63, 3.8) is 0 Å². The van der Waals surface area contributed by atoms with Crippen molar-refractivity contribution in [1.29, 1.82) is 0 Å². The zero-order valence-electron chi connectivity index (χ0n) is 13.5. The molecule has 0 bridgehead atoms. The predicted octanol–water partition coefficient (Wildman–Crippen LogP) is 3.04. The van der Waals surface area contributed by atoms with Crippen LogP contribution in [0.25, 0.3) is 0 Å². The number of nitrogens with one attached hydrogen (secondary N) is 1. The number of hydrogen-bond donors (Lipinski definition) is 1. The first-order valence-electron chi connectivity index (χ1n) is 8.13. The van der Waals surface area contributed by atoms with Crippen molar-refractivity contribution in [3.8, 4) is 0 Å². The Morgan fingerprint density at radius 2 is 1.83 bits per heavy atom. The van der Waals surface area contributed by atoms with E-state index in [-0.39, 0.29) is 5.91 Å². The summed E-state index contributed by atoms with van der Waals surface area (Å²) < 4.78 is 5.37. The third-order valence-corrected chi connectivity index (χ3v) is 4.29. The van der Waals surface area contributed by atoms with Crippen LogP contribution in [-0.2, 0) is 22.5 Å². The van der Waals surface area contributed by atoms with Gasteiger partial charge >= 0.3 is 0 Å². The van der Waals surface area contributed by atoms with E-state index in [1.54, 1.807) is 6.07 Å². The fraction of sp³-hybridized carbons (Fsp3) is 0.316. The van der Waals surface area contributed by atoms with Crippen LogP contribution in [0.1, 0.15) is 11.1 Å². The summed E-state index contributed by atoms with van der Waals surface area (Å²) in [6.07, 6.45) is 0.340. The quantitative estimate of drug-likeness (QED) is 0.906. The fourth-order valence-corrected chi connectivity index (χ4v) is 2.95. The molecule has 1 N–H and O–H groups in total. The highest BCUT2D eigenvalue weighted by Gasteiger charge is 2.11. The minimum atomic E-state index is -0.00507. The van der Waals surface area contributed by atoms with E-state index in [4.69, 9.17) is 16.3 Å². The lowest BCUT2D eigenvalue weighted by Gasteiger charge is -2.28. The molecule has 0 aliphatic carbocycles. The van der Waals surface area contributed by atoms with Crippen LogP contribution < -0.4 is 10.2 Å². The molecule has 1 aliphatic heterocycles. The van der Waals surface area contributed by atoms with Gasteiger partial charge in [0, 0.05) is 30.3 Å². The van der Waals surface area contributed by atoms with Crippen LogP contribution in [0.2, 0.25) is 5.02 Å². The van der Waals surface area contributed by atoms with Gasteiger partial charge in [0.25, 0.3) is 0 Å². The SMILES string of the molecule is O=C(Cc1cccc(Cl)c1)NCc1ccc(N2CCOCC2)cc1. The standard InChI is InChI=1S/C19H21ClN2O2/c20-17-3-1-2-16(12-17)13-19(23)21-14-15-4-6-18(7-5-15)22-8-10-24-11-9-22/h1-7,12H,8-11,13-14H2,(H,21,23). The van der Waals surface area contributed by atoms with Gasteiger partial charge in [0.1, 0.15) is 0 Å². The Morgan fingerprint density at radius 1 is 1.08 bits per heavy atom. The molecule has 2 aromatic carbocycles. The first kappa shape index (κ1) is 16.8. The lowest BCUT2D eigenvalue weighted by atomic mass is 10.1. The number of nitrogens with zero attached hydrogens (tertiary/aromatic N) is 1. The van der Waals surface area contributed by atoms with E-state index >= 15 is 0 Å². The van der Waals surface area contributed by atoms with E-state index in [2.05, 4.69) is 34.5 Å². The Bertz CT molecular complexity index is 682. The van der Waals surface area contributed by atoms with Gasteiger partial charge in [0.2, 0.25) is 5.91 Å². The zero-order chi connectivity index (χ0) is 16.8. The second-order valence-corrected chi connectivity index (χ2v) is 6.29. The van der Waals surface area contributed by atoms with Gasteiger partial charge in [0.15, 0.2) is 0 Å². The Morgan fingerprint density at radius 3 is 2.54 bits per heavy atom. The number of rotatable bonds is 5. The normalized spacial score (nSPS) is 14.5. The molecule has 1 heterocycles. The van der Waals surface area contributed by atoms with Gasteiger partial charge in [-0.1, -0.05) is 35.9 Å². The van der Waals surface area contributed by atoms with Crippen molar-refractivity contribution in [1.82, 2.24) is 5.32 Å². The predicted molar refractivity (Wildman–Crippen MR) is 96.5 cm³/mol. The molecular formula is C19H21ClN2O2. The van der Waals surface area contributed by atoms with Crippen LogP contribution in [-0.4, -0.2) is 32.2 Å². The number of anilines is 1. The van der Waals surface area contributed by atoms with E-state index < -0.39 is 0 Å². The third kappa shape index (κ3) is 4.73. The molecule has 5 heteroatoms. The minimum absolute atomic E-state index is 0.00507. The van der Waals surface area contributed by atoms with Crippen LogP contribution in [0.4, 0.5) is 5.69 Å². The van der Waals surface area contributed by atoms with E-state index in [1.165, 1.54) is 5.69 Å². The number of hydrogen-bond acceptors (Lipinski definition) is 3. The average molecular weight is 345 g/mol. The smallest absolute Gasteiger partial charge is 0.224 e. The van der Waals surface area contributed by atoms with Crippen molar-refractivity contribution in [2.75, 3.05) is 31.2 Å². The molecule has 0 radical (unpaired) electrons. The first-order chi connectivity index (χ1) is 11.7. The van der Waals surface area contributed by atoms with Gasteiger partial charge in [-0.25, -0.2) is 0 Å². The van der Waals surface area contributed by atoms with Crippen molar-refractivity contribution in [3.05, 3.63) is 64.7 Å². The number of benzene rings is 2. The molecule has 0 unspecified atom stereocenters. The monoisotopic (exact) mass is 344 g/mol. The summed E-state index contributed by atoms with van der Waals surface area (Å²) in [4.78, 5) is 14.3. The molecule has 0 saturated carbocycles. The van der Waals surface area contributed by atoms with Gasteiger partial charge in [-0.05, 0) is 35.4 Å². The summed E-state index contributed by atoms with van der Waals surface area (Å²) in [6, 6.07) is 15.7. The van der Waals surface area contributed by atoms with Gasteiger partial charge in [-0.2, -0.15) is 0 Å². The van der Waals surface area contributed by atoms with Crippen LogP contribution in [0.3, 0.4) is 0 Å². The Kier molecular flexibility index (Phi) is 5.72. The van der Waals surface area contributed by atoms with Gasteiger partial charge in [-0.15, -0.1) is 0 Å². The summed E-state index contributed by atoms with van der Waals surface area (Å²) in [5.41, 5.74) is 3.21. The molecule has 1 fully saturated rings. The van der Waals surface area contributed by atoms with E-state index in [1.807, 2.05) is 18.2 Å². The third-order valence-electron chi connectivity index (χ3n) is 4.06. The molecule has 1 aliphatic rings. The summed E-state index contributed by atoms with van der Waals surface area (Å²) >= 11 is 5.94. The maximum absolute atomic E-state index is 12.0. The molecule has 3 rings (SSSR count). The molecule has 1 amide bonds. The highest BCUT2D eigenvalue weighted by molar-refractivity contribution is 6.30. The Labute approximate surface area is 147 Å². The Balaban J connectivity index is 1.50. The van der Waals surface area contributed by atoms with Crippen LogP contribution in [0.15, 0.2) is 48.5 Å². The number of ether oxygens (including phenoxy) is 1. The minimum Gasteiger partial charge on any atom is -0.378 e. The fourth-order valence-electron chi connectivity index (χ4n) is 2.74. The number of amides is 1. The molecule has 24 heavy (non-hydrogen) atoms. The summed E-state index contributed by atoms with van der Waals surface area (Å²) in [6.45, 7) is 3.94. The molecule has 126 valence electrons. The van der Waals surface area contributed by atoms with Crippen LogP contribution in [0.5, 0.6) is 0 Å². The van der Waals surface area contributed by atoms with Crippen molar-refractivity contribution >= 4 is 23.2 Å². The maximum atomic E-state index is 12.0. The van der Waals surface area contributed by atoms with E-state index in [0.29, 0.717) is 18.0 Å².